The SMILES string of the molecule is CCN(Cc1ccc2c(c1)OCO2)CC(O)CN(CC)Cc1ccc2c(c1)OCO2. The highest BCUT2D eigenvalue weighted by molar-refractivity contribution is 5.45. The zero-order valence-corrected chi connectivity index (χ0v) is 17.7. The van der Waals surface area contributed by atoms with E-state index in [1.165, 1.54) is 0 Å². The molecule has 2 aliphatic rings. The number of aliphatic hydroxyl groups excluding tert-OH is 1. The Bertz CT molecular complexity index is 790. The van der Waals surface area contributed by atoms with Crippen molar-refractivity contribution in [2.45, 2.75) is 33.0 Å². The molecule has 2 aliphatic heterocycles. The summed E-state index contributed by atoms with van der Waals surface area (Å²) in [5.74, 6) is 3.18. The number of aliphatic hydroxyl groups is 1. The first-order chi connectivity index (χ1) is 14.6. The molecule has 1 N–H and O–H groups in total. The van der Waals surface area contributed by atoms with Gasteiger partial charge in [0.2, 0.25) is 13.6 Å². The van der Waals surface area contributed by atoms with Gasteiger partial charge in [0, 0.05) is 26.2 Å². The minimum Gasteiger partial charge on any atom is -0.454 e. The summed E-state index contributed by atoms with van der Waals surface area (Å²) in [5.41, 5.74) is 2.31. The largest absolute Gasteiger partial charge is 0.454 e. The molecule has 2 aromatic carbocycles. The normalized spacial score (nSPS) is 14.3. The molecule has 0 saturated heterocycles. The van der Waals surface area contributed by atoms with Crippen molar-refractivity contribution in [2.75, 3.05) is 39.8 Å². The first kappa shape index (κ1) is 20.8. The fraction of sp³-hybridized carbons (Fsp3) is 0.478. The third kappa shape index (κ3) is 4.98. The fourth-order valence-electron chi connectivity index (χ4n) is 3.86. The van der Waals surface area contributed by atoms with Crippen LogP contribution in [0.4, 0.5) is 0 Å². The molecule has 30 heavy (non-hydrogen) atoms. The van der Waals surface area contributed by atoms with Crippen LogP contribution in [-0.4, -0.2) is 60.8 Å². The van der Waals surface area contributed by atoms with Crippen LogP contribution in [0.1, 0.15) is 25.0 Å². The van der Waals surface area contributed by atoms with E-state index < -0.39 is 6.10 Å². The lowest BCUT2D eigenvalue weighted by Crippen LogP contribution is -2.39. The summed E-state index contributed by atoms with van der Waals surface area (Å²) >= 11 is 0. The first-order valence-electron chi connectivity index (χ1n) is 10.5. The molecule has 0 radical (unpaired) electrons. The van der Waals surface area contributed by atoms with Crippen LogP contribution in [0, 0.1) is 0 Å². The molecule has 0 unspecified atom stereocenters. The lowest BCUT2D eigenvalue weighted by atomic mass is 10.1. The second-order valence-corrected chi connectivity index (χ2v) is 7.68. The van der Waals surface area contributed by atoms with Crippen LogP contribution in [0.2, 0.25) is 0 Å². The molecule has 0 amide bonds. The first-order valence-corrected chi connectivity index (χ1v) is 10.5. The maximum absolute atomic E-state index is 10.7. The van der Waals surface area contributed by atoms with Gasteiger partial charge in [-0.2, -0.15) is 0 Å². The summed E-state index contributed by atoms with van der Waals surface area (Å²) in [4.78, 5) is 4.49. The third-order valence-electron chi connectivity index (χ3n) is 5.52. The molecule has 7 nitrogen and oxygen atoms in total. The van der Waals surface area contributed by atoms with Gasteiger partial charge in [-0.05, 0) is 48.5 Å². The van der Waals surface area contributed by atoms with E-state index in [1.54, 1.807) is 0 Å². The van der Waals surface area contributed by atoms with Crippen molar-refractivity contribution >= 4 is 0 Å². The second-order valence-electron chi connectivity index (χ2n) is 7.68. The highest BCUT2D eigenvalue weighted by Crippen LogP contribution is 2.33. The summed E-state index contributed by atoms with van der Waals surface area (Å²) in [7, 11) is 0. The minimum atomic E-state index is -0.437. The summed E-state index contributed by atoms with van der Waals surface area (Å²) in [6.45, 7) is 9.27. The van der Waals surface area contributed by atoms with Gasteiger partial charge >= 0.3 is 0 Å². The van der Waals surface area contributed by atoms with Crippen LogP contribution in [0.5, 0.6) is 23.0 Å². The number of hydrogen-bond donors (Lipinski definition) is 1. The summed E-state index contributed by atoms with van der Waals surface area (Å²) < 4.78 is 21.7. The van der Waals surface area contributed by atoms with E-state index in [0.29, 0.717) is 13.1 Å². The van der Waals surface area contributed by atoms with E-state index in [9.17, 15) is 5.11 Å². The maximum Gasteiger partial charge on any atom is 0.231 e. The van der Waals surface area contributed by atoms with Crippen molar-refractivity contribution in [2.24, 2.45) is 0 Å². The molecule has 0 aromatic heterocycles. The van der Waals surface area contributed by atoms with E-state index in [4.69, 9.17) is 18.9 Å². The monoisotopic (exact) mass is 414 g/mol. The predicted octanol–water partition coefficient (Wildman–Crippen LogP) is 2.85. The lowest BCUT2D eigenvalue weighted by Gasteiger charge is -2.28. The van der Waals surface area contributed by atoms with E-state index in [-0.39, 0.29) is 13.6 Å². The summed E-state index contributed by atoms with van der Waals surface area (Å²) in [5, 5.41) is 10.7. The standard InChI is InChI=1S/C23H30N2O5/c1-3-24(11-17-5-7-20-22(9-17)29-15-27-20)13-19(26)14-25(4-2)12-18-6-8-21-23(10-18)30-16-28-21/h5-10,19,26H,3-4,11-16H2,1-2H3. The van der Waals surface area contributed by atoms with Crippen LogP contribution in [-0.2, 0) is 13.1 Å². The minimum absolute atomic E-state index is 0.283. The van der Waals surface area contributed by atoms with Crippen LogP contribution >= 0.6 is 0 Å². The number of hydrogen-bond acceptors (Lipinski definition) is 7. The predicted molar refractivity (Wildman–Crippen MR) is 113 cm³/mol. The van der Waals surface area contributed by atoms with Gasteiger partial charge in [0.25, 0.3) is 0 Å². The zero-order chi connectivity index (χ0) is 20.9. The third-order valence-corrected chi connectivity index (χ3v) is 5.52. The zero-order valence-electron chi connectivity index (χ0n) is 17.7. The van der Waals surface area contributed by atoms with Crippen molar-refractivity contribution in [1.29, 1.82) is 0 Å². The van der Waals surface area contributed by atoms with Gasteiger partial charge in [0.15, 0.2) is 23.0 Å². The van der Waals surface area contributed by atoms with Crippen molar-refractivity contribution in [3.05, 3.63) is 47.5 Å². The highest BCUT2D eigenvalue weighted by Gasteiger charge is 2.18. The Morgan fingerprint density at radius 1 is 0.733 bits per heavy atom. The Balaban J connectivity index is 1.30. The fourth-order valence-corrected chi connectivity index (χ4v) is 3.86. The van der Waals surface area contributed by atoms with E-state index in [0.717, 1.165) is 60.3 Å². The molecular formula is C23H30N2O5. The van der Waals surface area contributed by atoms with Crippen LogP contribution in [0.15, 0.2) is 36.4 Å². The van der Waals surface area contributed by atoms with Crippen molar-refractivity contribution < 1.29 is 24.1 Å². The molecule has 0 aliphatic carbocycles. The van der Waals surface area contributed by atoms with Gasteiger partial charge in [-0.1, -0.05) is 26.0 Å². The highest BCUT2D eigenvalue weighted by atomic mass is 16.7. The van der Waals surface area contributed by atoms with Crippen molar-refractivity contribution in [1.82, 2.24) is 9.80 Å². The molecule has 7 heteroatoms. The molecular weight excluding hydrogens is 384 g/mol. The topological polar surface area (TPSA) is 63.6 Å². The van der Waals surface area contributed by atoms with Crippen LogP contribution in [0.3, 0.4) is 0 Å². The Hall–Kier alpha value is -2.48. The molecule has 0 atom stereocenters. The van der Waals surface area contributed by atoms with E-state index in [2.05, 4.69) is 35.8 Å². The molecule has 162 valence electrons. The Morgan fingerprint density at radius 3 is 1.60 bits per heavy atom. The molecule has 0 saturated carbocycles. The molecule has 0 bridgehead atoms. The molecule has 2 aromatic rings. The maximum atomic E-state index is 10.7. The number of rotatable bonds is 10. The average Bonchev–Trinajstić information content (AvgIpc) is 3.41. The quantitative estimate of drug-likeness (QED) is 0.641. The second kappa shape index (κ2) is 9.55. The van der Waals surface area contributed by atoms with Gasteiger partial charge in [-0.15, -0.1) is 0 Å². The Kier molecular flexibility index (Phi) is 6.62. The molecule has 2 heterocycles. The van der Waals surface area contributed by atoms with Gasteiger partial charge in [0.1, 0.15) is 0 Å². The van der Waals surface area contributed by atoms with E-state index in [1.807, 2.05) is 24.3 Å². The van der Waals surface area contributed by atoms with Gasteiger partial charge < -0.3 is 24.1 Å². The summed E-state index contributed by atoms with van der Waals surface area (Å²) in [6.07, 6.45) is -0.437. The summed E-state index contributed by atoms with van der Waals surface area (Å²) in [6, 6.07) is 12.1. The average molecular weight is 415 g/mol. The number of benzene rings is 2. The Labute approximate surface area is 177 Å². The van der Waals surface area contributed by atoms with Crippen LogP contribution < -0.4 is 18.9 Å². The number of likely N-dealkylation sites (N-methyl/N-ethyl adjacent to an activating group) is 2. The molecule has 4 rings (SSSR count). The van der Waals surface area contributed by atoms with Gasteiger partial charge in [0.05, 0.1) is 6.10 Å². The van der Waals surface area contributed by atoms with Crippen molar-refractivity contribution in [3.63, 3.8) is 0 Å². The lowest BCUT2D eigenvalue weighted by molar-refractivity contribution is 0.0721. The number of ether oxygens (including phenoxy) is 4. The molecule has 0 spiro atoms. The van der Waals surface area contributed by atoms with Crippen molar-refractivity contribution in [3.8, 4) is 23.0 Å². The smallest absolute Gasteiger partial charge is 0.231 e. The molecule has 0 fully saturated rings. The van der Waals surface area contributed by atoms with Gasteiger partial charge in [-0.25, -0.2) is 0 Å². The number of nitrogens with zero attached hydrogens (tertiary/aromatic N) is 2. The van der Waals surface area contributed by atoms with E-state index >= 15 is 0 Å². The number of fused-ring (bicyclic) bond motifs is 2. The Morgan fingerprint density at radius 2 is 1.17 bits per heavy atom. The van der Waals surface area contributed by atoms with Gasteiger partial charge in [-0.3, -0.25) is 9.80 Å². The van der Waals surface area contributed by atoms with Crippen LogP contribution in [0.25, 0.3) is 0 Å².